The van der Waals surface area contributed by atoms with Crippen LogP contribution in [0.4, 0.5) is 4.39 Å². The molecule has 0 fully saturated rings. The summed E-state index contributed by atoms with van der Waals surface area (Å²) in [5, 5.41) is 9.41. The van der Waals surface area contributed by atoms with E-state index in [4.69, 9.17) is 16.7 Å². The zero-order valence-corrected chi connectivity index (χ0v) is 9.35. The zero-order chi connectivity index (χ0) is 11.7. The number of benzene rings is 1. The number of aromatic nitrogens is 1. The molecule has 0 aliphatic heterocycles. The fraction of sp³-hybridized carbons (Fsp3) is 0. The third kappa shape index (κ3) is 2.20. The van der Waals surface area contributed by atoms with E-state index in [1.807, 2.05) is 0 Å². The van der Waals surface area contributed by atoms with Gasteiger partial charge in [0.1, 0.15) is 10.8 Å². The van der Waals surface area contributed by atoms with Crippen LogP contribution >= 0.6 is 22.9 Å². The fourth-order valence-corrected chi connectivity index (χ4v) is 2.06. The van der Waals surface area contributed by atoms with Crippen molar-refractivity contribution in [1.82, 2.24) is 4.98 Å². The Kier molecular flexibility index (Phi) is 2.89. The fourth-order valence-electron chi connectivity index (χ4n) is 1.14. The normalized spacial score (nSPS) is 10.4. The molecule has 0 bridgehead atoms. The second kappa shape index (κ2) is 4.19. The third-order valence-electron chi connectivity index (χ3n) is 1.83. The molecule has 2 rings (SSSR count). The van der Waals surface area contributed by atoms with Gasteiger partial charge in [0, 0.05) is 5.56 Å². The Hall–Kier alpha value is -1.46. The Balaban J connectivity index is 2.58. The summed E-state index contributed by atoms with van der Waals surface area (Å²) in [6.07, 6.45) is 0. The number of hydrogen-bond donors (Lipinski definition) is 1. The molecular formula is C10H5ClFNO2S. The van der Waals surface area contributed by atoms with Gasteiger partial charge in [-0.15, -0.1) is 0 Å². The molecule has 0 radical (unpaired) electrons. The average Bonchev–Trinajstić information content (AvgIpc) is 2.20. The van der Waals surface area contributed by atoms with Gasteiger partial charge in [0.2, 0.25) is 10.6 Å². The van der Waals surface area contributed by atoms with Crippen LogP contribution in [0.2, 0.25) is 5.02 Å². The summed E-state index contributed by atoms with van der Waals surface area (Å²) < 4.78 is 12.6. The van der Waals surface area contributed by atoms with Gasteiger partial charge in [-0.3, -0.25) is 4.79 Å². The first-order chi connectivity index (χ1) is 7.56. The van der Waals surface area contributed by atoms with Crippen LogP contribution in [-0.2, 0) is 0 Å². The van der Waals surface area contributed by atoms with Crippen molar-refractivity contribution in [2.75, 3.05) is 0 Å². The predicted molar refractivity (Wildman–Crippen MR) is 60.5 cm³/mol. The van der Waals surface area contributed by atoms with Gasteiger partial charge in [-0.05, 0) is 18.2 Å². The van der Waals surface area contributed by atoms with Gasteiger partial charge < -0.3 is 5.11 Å². The number of aromatic hydroxyl groups is 1. The first-order valence-corrected chi connectivity index (χ1v) is 5.42. The molecule has 0 aliphatic carbocycles. The minimum Gasteiger partial charge on any atom is -0.493 e. The Morgan fingerprint density at radius 2 is 2.12 bits per heavy atom. The second-order valence-corrected chi connectivity index (χ2v) is 4.37. The van der Waals surface area contributed by atoms with Crippen molar-refractivity contribution in [3.05, 3.63) is 44.6 Å². The van der Waals surface area contributed by atoms with Gasteiger partial charge >= 0.3 is 0 Å². The maximum atomic E-state index is 12.9. The summed E-state index contributed by atoms with van der Waals surface area (Å²) in [7, 11) is 0. The van der Waals surface area contributed by atoms with E-state index < -0.39 is 5.82 Å². The van der Waals surface area contributed by atoms with Crippen LogP contribution in [0, 0.1) is 5.82 Å². The van der Waals surface area contributed by atoms with E-state index in [0.29, 0.717) is 10.6 Å². The summed E-state index contributed by atoms with van der Waals surface area (Å²) in [5.74, 6) is -0.905. The van der Waals surface area contributed by atoms with E-state index in [2.05, 4.69) is 4.98 Å². The van der Waals surface area contributed by atoms with E-state index in [1.54, 1.807) is 0 Å². The second-order valence-electron chi connectivity index (χ2n) is 2.97. The minimum absolute atomic E-state index is 0.0534. The van der Waals surface area contributed by atoms with Gasteiger partial charge in [-0.1, -0.05) is 22.9 Å². The van der Waals surface area contributed by atoms with Gasteiger partial charge in [0.25, 0.3) is 0 Å². The quantitative estimate of drug-likeness (QED) is 0.854. The Morgan fingerprint density at radius 1 is 1.38 bits per heavy atom. The maximum absolute atomic E-state index is 12.9. The highest BCUT2D eigenvalue weighted by Gasteiger charge is 2.07. The molecule has 0 aliphatic rings. The number of hydrogen-bond acceptors (Lipinski definition) is 4. The SMILES string of the molecule is O=c1cc(O)nc(-c2ccc(F)c(Cl)c2)s1. The molecule has 1 aromatic heterocycles. The van der Waals surface area contributed by atoms with Crippen molar-refractivity contribution in [2.45, 2.75) is 0 Å². The lowest BCUT2D eigenvalue weighted by Gasteiger charge is -2.01. The summed E-state index contributed by atoms with van der Waals surface area (Å²) >= 11 is 6.46. The van der Waals surface area contributed by atoms with Gasteiger partial charge in [-0.2, -0.15) is 0 Å². The van der Waals surface area contributed by atoms with Crippen LogP contribution in [0.3, 0.4) is 0 Å². The molecular weight excluding hydrogens is 253 g/mol. The molecule has 0 amide bonds. The van der Waals surface area contributed by atoms with E-state index >= 15 is 0 Å². The van der Waals surface area contributed by atoms with Crippen molar-refractivity contribution in [1.29, 1.82) is 0 Å². The highest BCUT2D eigenvalue weighted by molar-refractivity contribution is 7.12. The van der Waals surface area contributed by atoms with Crippen LogP contribution in [-0.4, -0.2) is 10.1 Å². The molecule has 0 unspecified atom stereocenters. The lowest BCUT2D eigenvalue weighted by molar-refractivity contribution is 0.454. The minimum atomic E-state index is -0.544. The van der Waals surface area contributed by atoms with E-state index in [0.717, 1.165) is 17.4 Å². The zero-order valence-electron chi connectivity index (χ0n) is 7.78. The lowest BCUT2D eigenvalue weighted by atomic mass is 10.2. The first kappa shape index (κ1) is 11.0. The smallest absolute Gasteiger partial charge is 0.239 e. The Bertz CT molecular complexity index is 600. The molecule has 1 heterocycles. The maximum Gasteiger partial charge on any atom is 0.239 e. The number of rotatable bonds is 1. The van der Waals surface area contributed by atoms with Gasteiger partial charge in [-0.25, -0.2) is 9.37 Å². The predicted octanol–water partition coefficient (Wildman–Crippen LogP) is 2.67. The monoisotopic (exact) mass is 257 g/mol. The topological polar surface area (TPSA) is 50.2 Å². The van der Waals surface area contributed by atoms with Crippen LogP contribution < -0.4 is 4.74 Å². The molecule has 1 aromatic carbocycles. The average molecular weight is 258 g/mol. The van der Waals surface area contributed by atoms with Gasteiger partial charge in [0.15, 0.2) is 0 Å². The third-order valence-corrected chi connectivity index (χ3v) is 2.96. The number of halogens is 2. The molecule has 0 saturated carbocycles. The molecule has 3 nitrogen and oxygen atoms in total. The van der Waals surface area contributed by atoms with Gasteiger partial charge in [0.05, 0.1) is 11.1 Å². The molecule has 0 spiro atoms. The van der Waals surface area contributed by atoms with E-state index in [9.17, 15) is 9.18 Å². The molecule has 6 heteroatoms. The van der Waals surface area contributed by atoms with Crippen molar-refractivity contribution >= 4 is 22.9 Å². The van der Waals surface area contributed by atoms with Crippen LogP contribution in [0.1, 0.15) is 0 Å². The Labute approximate surface area is 98.8 Å². The summed E-state index contributed by atoms with van der Waals surface area (Å²) in [6, 6.07) is 4.99. The van der Waals surface area contributed by atoms with Crippen LogP contribution in [0.5, 0.6) is 5.88 Å². The van der Waals surface area contributed by atoms with Crippen molar-refractivity contribution in [3.8, 4) is 16.5 Å². The molecule has 2 aromatic rings. The highest BCUT2D eigenvalue weighted by atomic mass is 35.5. The first-order valence-electron chi connectivity index (χ1n) is 4.23. The molecule has 0 saturated heterocycles. The summed E-state index contributed by atoms with van der Waals surface area (Å²) in [5.41, 5.74) is 0.490. The molecule has 16 heavy (non-hydrogen) atoms. The van der Waals surface area contributed by atoms with E-state index in [-0.39, 0.29) is 15.6 Å². The lowest BCUT2D eigenvalue weighted by Crippen LogP contribution is -1.94. The summed E-state index contributed by atoms with van der Waals surface area (Å²) in [4.78, 5) is 14.9. The van der Waals surface area contributed by atoms with Crippen LogP contribution in [0.25, 0.3) is 10.6 Å². The van der Waals surface area contributed by atoms with Crippen molar-refractivity contribution in [3.63, 3.8) is 0 Å². The highest BCUT2D eigenvalue weighted by Crippen LogP contribution is 2.25. The molecule has 82 valence electrons. The van der Waals surface area contributed by atoms with Crippen LogP contribution in [0.15, 0.2) is 29.1 Å². The molecule has 0 atom stereocenters. The van der Waals surface area contributed by atoms with E-state index in [1.165, 1.54) is 18.2 Å². The largest absolute Gasteiger partial charge is 0.493 e. The van der Waals surface area contributed by atoms with Crippen molar-refractivity contribution in [2.24, 2.45) is 0 Å². The Morgan fingerprint density at radius 3 is 2.75 bits per heavy atom. The standard InChI is InChI=1S/C10H5ClFNO2S/c11-6-3-5(1-2-7(6)12)10-13-8(14)4-9(15)16-10/h1-4,14H. The summed E-state index contributed by atoms with van der Waals surface area (Å²) in [6.45, 7) is 0. The number of nitrogens with zero attached hydrogens (tertiary/aromatic N) is 1. The van der Waals surface area contributed by atoms with Crippen molar-refractivity contribution < 1.29 is 9.50 Å². The molecule has 1 N–H and O–H groups in total.